The van der Waals surface area contributed by atoms with Crippen LogP contribution in [0.15, 0.2) is 59.5 Å². The molecule has 24 heavy (non-hydrogen) atoms. The van der Waals surface area contributed by atoms with Crippen LogP contribution in [0.1, 0.15) is 25.8 Å². The van der Waals surface area contributed by atoms with Crippen molar-refractivity contribution >= 4 is 10.0 Å². The number of hydrogen-bond acceptors (Lipinski definition) is 4. The van der Waals surface area contributed by atoms with Gasteiger partial charge in [-0.25, -0.2) is 13.1 Å². The Labute approximate surface area is 143 Å². The SMILES string of the molecule is CCCOc1ccc(S(=O)(=O)NCC(C)(O)c2ccccc2)cc1. The molecule has 0 radical (unpaired) electrons. The standard InChI is InChI=1S/C18H23NO4S/c1-3-13-23-16-9-11-17(12-10-16)24(21,22)19-14-18(2,20)15-7-5-4-6-8-15/h4-12,19-20H,3,13-14H2,1-2H3. The maximum absolute atomic E-state index is 12.4. The van der Waals surface area contributed by atoms with Crippen LogP contribution >= 0.6 is 0 Å². The van der Waals surface area contributed by atoms with Gasteiger partial charge in [0.15, 0.2) is 0 Å². The Bertz CT molecular complexity index is 740. The first-order chi connectivity index (χ1) is 11.3. The maximum atomic E-state index is 12.4. The molecule has 0 fully saturated rings. The zero-order chi connectivity index (χ0) is 17.6. The van der Waals surface area contributed by atoms with Crippen LogP contribution in [0.5, 0.6) is 5.75 Å². The van der Waals surface area contributed by atoms with Crippen molar-refractivity contribution in [3.63, 3.8) is 0 Å². The van der Waals surface area contributed by atoms with Gasteiger partial charge in [0.05, 0.1) is 11.5 Å². The fraction of sp³-hybridized carbons (Fsp3) is 0.333. The molecule has 2 aromatic carbocycles. The van der Waals surface area contributed by atoms with E-state index in [2.05, 4.69) is 4.72 Å². The third-order valence-corrected chi connectivity index (χ3v) is 5.03. The summed E-state index contributed by atoms with van der Waals surface area (Å²) in [5.74, 6) is 0.632. The van der Waals surface area contributed by atoms with E-state index in [1.165, 1.54) is 12.1 Å². The van der Waals surface area contributed by atoms with Crippen LogP contribution in [0.4, 0.5) is 0 Å². The third-order valence-electron chi connectivity index (χ3n) is 3.61. The van der Waals surface area contributed by atoms with Crippen molar-refractivity contribution in [2.24, 2.45) is 0 Å². The summed E-state index contributed by atoms with van der Waals surface area (Å²) in [6.45, 7) is 4.05. The first kappa shape index (κ1) is 18.4. The van der Waals surface area contributed by atoms with E-state index in [9.17, 15) is 13.5 Å². The number of hydrogen-bond donors (Lipinski definition) is 2. The van der Waals surface area contributed by atoms with E-state index in [-0.39, 0.29) is 11.4 Å². The van der Waals surface area contributed by atoms with E-state index in [4.69, 9.17) is 4.74 Å². The molecule has 0 spiro atoms. The Morgan fingerprint density at radius 2 is 1.71 bits per heavy atom. The minimum absolute atomic E-state index is 0.118. The summed E-state index contributed by atoms with van der Waals surface area (Å²) in [6.07, 6.45) is 0.885. The molecule has 0 aromatic heterocycles. The minimum Gasteiger partial charge on any atom is -0.494 e. The predicted molar refractivity (Wildman–Crippen MR) is 93.4 cm³/mol. The number of sulfonamides is 1. The molecule has 2 N–H and O–H groups in total. The average molecular weight is 349 g/mol. The molecule has 2 rings (SSSR count). The molecule has 130 valence electrons. The van der Waals surface area contributed by atoms with Crippen LogP contribution in [0.3, 0.4) is 0 Å². The first-order valence-corrected chi connectivity index (χ1v) is 9.34. The summed E-state index contributed by atoms with van der Waals surface area (Å²) >= 11 is 0. The topological polar surface area (TPSA) is 75.6 Å². The molecule has 1 unspecified atom stereocenters. The van der Waals surface area contributed by atoms with Gasteiger partial charge >= 0.3 is 0 Å². The fourth-order valence-electron chi connectivity index (χ4n) is 2.15. The van der Waals surface area contributed by atoms with Crippen molar-refractivity contribution in [3.8, 4) is 5.75 Å². The van der Waals surface area contributed by atoms with Crippen molar-refractivity contribution in [2.45, 2.75) is 30.8 Å². The Kier molecular flexibility index (Phi) is 5.99. The molecule has 0 aliphatic carbocycles. The number of rotatable bonds is 8. The summed E-state index contributed by atoms with van der Waals surface area (Å²) < 4.78 is 32.6. The Hall–Kier alpha value is -1.89. The second kappa shape index (κ2) is 7.79. The highest BCUT2D eigenvalue weighted by Gasteiger charge is 2.26. The van der Waals surface area contributed by atoms with Crippen molar-refractivity contribution in [1.82, 2.24) is 4.72 Å². The van der Waals surface area contributed by atoms with Gasteiger partial charge in [-0.05, 0) is 43.2 Å². The highest BCUT2D eigenvalue weighted by atomic mass is 32.2. The molecule has 2 aromatic rings. The molecule has 0 aliphatic rings. The van der Waals surface area contributed by atoms with Gasteiger partial charge in [0, 0.05) is 6.54 Å². The summed E-state index contributed by atoms with van der Waals surface area (Å²) in [4.78, 5) is 0.134. The molecular weight excluding hydrogens is 326 g/mol. The largest absolute Gasteiger partial charge is 0.494 e. The molecular formula is C18H23NO4S. The normalized spacial score (nSPS) is 14.1. The van der Waals surface area contributed by atoms with Gasteiger partial charge in [-0.2, -0.15) is 0 Å². The third kappa shape index (κ3) is 4.80. The smallest absolute Gasteiger partial charge is 0.240 e. The molecule has 0 amide bonds. The highest BCUT2D eigenvalue weighted by molar-refractivity contribution is 7.89. The quantitative estimate of drug-likeness (QED) is 0.768. The van der Waals surface area contributed by atoms with Crippen LogP contribution < -0.4 is 9.46 Å². The van der Waals surface area contributed by atoms with E-state index in [1.807, 2.05) is 13.0 Å². The number of ether oxygens (including phenoxy) is 1. The zero-order valence-corrected chi connectivity index (χ0v) is 14.7. The fourth-order valence-corrected chi connectivity index (χ4v) is 3.29. The van der Waals surface area contributed by atoms with Gasteiger partial charge in [0.25, 0.3) is 0 Å². The summed E-state index contributed by atoms with van der Waals surface area (Å²) in [7, 11) is -3.70. The Morgan fingerprint density at radius 3 is 2.29 bits per heavy atom. The molecule has 0 saturated heterocycles. The van der Waals surface area contributed by atoms with E-state index >= 15 is 0 Å². The predicted octanol–water partition coefficient (Wildman–Crippen LogP) is 2.66. The minimum atomic E-state index is -3.70. The second-order valence-corrected chi connectivity index (χ2v) is 7.55. The first-order valence-electron chi connectivity index (χ1n) is 7.85. The van der Waals surface area contributed by atoms with Crippen LogP contribution in [0.2, 0.25) is 0 Å². The van der Waals surface area contributed by atoms with Crippen molar-refractivity contribution in [1.29, 1.82) is 0 Å². The lowest BCUT2D eigenvalue weighted by Crippen LogP contribution is -2.38. The van der Waals surface area contributed by atoms with E-state index in [1.54, 1.807) is 43.3 Å². The molecule has 0 heterocycles. The molecule has 5 nitrogen and oxygen atoms in total. The van der Waals surface area contributed by atoms with Gasteiger partial charge in [-0.3, -0.25) is 0 Å². The molecule has 0 aliphatic heterocycles. The number of nitrogens with one attached hydrogen (secondary N) is 1. The van der Waals surface area contributed by atoms with E-state index < -0.39 is 15.6 Å². The molecule has 0 bridgehead atoms. The van der Waals surface area contributed by atoms with Crippen LogP contribution in [0, 0.1) is 0 Å². The molecule has 1 atom stereocenters. The van der Waals surface area contributed by atoms with E-state index in [0.717, 1.165) is 6.42 Å². The number of benzene rings is 2. The van der Waals surface area contributed by atoms with Crippen molar-refractivity contribution < 1.29 is 18.3 Å². The summed E-state index contributed by atoms with van der Waals surface area (Å²) in [5, 5.41) is 10.5. The molecule has 0 saturated carbocycles. The Morgan fingerprint density at radius 1 is 1.08 bits per heavy atom. The number of aliphatic hydroxyl groups is 1. The summed E-state index contributed by atoms with van der Waals surface area (Å²) in [5.41, 5.74) is -0.644. The lowest BCUT2D eigenvalue weighted by atomic mass is 9.97. The monoisotopic (exact) mass is 349 g/mol. The Balaban J connectivity index is 2.05. The second-order valence-electron chi connectivity index (χ2n) is 5.78. The zero-order valence-electron chi connectivity index (χ0n) is 13.9. The molecule has 6 heteroatoms. The maximum Gasteiger partial charge on any atom is 0.240 e. The van der Waals surface area contributed by atoms with Crippen molar-refractivity contribution in [2.75, 3.05) is 13.2 Å². The van der Waals surface area contributed by atoms with E-state index in [0.29, 0.717) is 17.9 Å². The van der Waals surface area contributed by atoms with Crippen molar-refractivity contribution in [3.05, 3.63) is 60.2 Å². The lowest BCUT2D eigenvalue weighted by molar-refractivity contribution is 0.0627. The van der Waals surface area contributed by atoms with Crippen LogP contribution in [0.25, 0.3) is 0 Å². The van der Waals surface area contributed by atoms with Gasteiger partial charge < -0.3 is 9.84 Å². The summed E-state index contributed by atoms with van der Waals surface area (Å²) in [6, 6.07) is 15.2. The van der Waals surface area contributed by atoms with Crippen LogP contribution in [-0.2, 0) is 15.6 Å². The van der Waals surface area contributed by atoms with Gasteiger partial charge in [0.1, 0.15) is 11.4 Å². The average Bonchev–Trinajstić information content (AvgIpc) is 2.59. The van der Waals surface area contributed by atoms with Gasteiger partial charge in [-0.1, -0.05) is 37.3 Å². The van der Waals surface area contributed by atoms with Crippen LogP contribution in [-0.4, -0.2) is 26.7 Å². The lowest BCUT2D eigenvalue weighted by Gasteiger charge is -2.24. The van der Waals surface area contributed by atoms with Gasteiger partial charge in [0.2, 0.25) is 10.0 Å². The van der Waals surface area contributed by atoms with Gasteiger partial charge in [-0.15, -0.1) is 0 Å². The highest BCUT2D eigenvalue weighted by Crippen LogP contribution is 2.21.